The molecule has 3 rings (SSSR count). The third-order valence-corrected chi connectivity index (χ3v) is 5.87. The van der Waals surface area contributed by atoms with Crippen molar-refractivity contribution in [2.45, 2.75) is 44.2 Å². The Hall–Kier alpha value is -2.50. The van der Waals surface area contributed by atoms with Crippen LogP contribution in [0.2, 0.25) is 0 Å². The van der Waals surface area contributed by atoms with Gasteiger partial charge in [0.15, 0.2) is 0 Å². The number of alkyl halides is 3. The first-order valence-electron chi connectivity index (χ1n) is 9.88. The van der Waals surface area contributed by atoms with E-state index in [0.717, 1.165) is 48.7 Å². The van der Waals surface area contributed by atoms with Gasteiger partial charge in [0.2, 0.25) is 0 Å². The topological polar surface area (TPSA) is 40.5 Å². The number of hydrogen-bond acceptors (Lipinski definition) is 2. The summed E-state index contributed by atoms with van der Waals surface area (Å²) in [6.07, 6.45) is -0.293. The SMILES string of the molecule is CN(C)c1ccccc1CC1CCCCC1c1cc(C(F)(F)F)ccc1C(=O)O. The summed E-state index contributed by atoms with van der Waals surface area (Å²) in [7, 11) is 3.93. The molecule has 2 aromatic rings. The summed E-state index contributed by atoms with van der Waals surface area (Å²) in [5.74, 6) is -1.27. The van der Waals surface area contributed by atoms with Crippen molar-refractivity contribution in [3.05, 3.63) is 64.7 Å². The van der Waals surface area contributed by atoms with Crippen LogP contribution in [0.15, 0.2) is 42.5 Å². The first-order valence-corrected chi connectivity index (χ1v) is 9.88. The summed E-state index contributed by atoms with van der Waals surface area (Å²) < 4.78 is 39.9. The Morgan fingerprint density at radius 1 is 1.10 bits per heavy atom. The van der Waals surface area contributed by atoms with Gasteiger partial charge in [-0.05, 0) is 66.5 Å². The molecule has 0 aliphatic heterocycles. The molecule has 0 radical (unpaired) electrons. The molecule has 0 spiro atoms. The highest BCUT2D eigenvalue weighted by atomic mass is 19.4. The van der Waals surface area contributed by atoms with Crippen molar-refractivity contribution in [1.82, 2.24) is 0 Å². The Labute approximate surface area is 169 Å². The third-order valence-electron chi connectivity index (χ3n) is 5.87. The number of carbonyl (C=O) groups is 1. The van der Waals surface area contributed by atoms with Crippen LogP contribution in [0.3, 0.4) is 0 Å². The quantitative estimate of drug-likeness (QED) is 0.665. The molecule has 0 aromatic heterocycles. The van der Waals surface area contributed by atoms with Gasteiger partial charge in [0.05, 0.1) is 11.1 Å². The maximum Gasteiger partial charge on any atom is 0.416 e. The van der Waals surface area contributed by atoms with Gasteiger partial charge in [-0.25, -0.2) is 4.79 Å². The number of benzene rings is 2. The molecule has 1 fully saturated rings. The van der Waals surface area contributed by atoms with E-state index in [0.29, 0.717) is 18.4 Å². The highest BCUT2D eigenvalue weighted by Crippen LogP contribution is 2.43. The second kappa shape index (κ2) is 8.47. The van der Waals surface area contributed by atoms with Crippen molar-refractivity contribution in [1.29, 1.82) is 0 Å². The Bertz CT molecular complexity index is 877. The normalized spacial score (nSPS) is 19.8. The van der Waals surface area contributed by atoms with Crippen LogP contribution in [0.5, 0.6) is 0 Å². The number of nitrogens with zero attached hydrogens (tertiary/aromatic N) is 1. The lowest BCUT2D eigenvalue weighted by Gasteiger charge is -2.34. The van der Waals surface area contributed by atoms with Crippen molar-refractivity contribution >= 4 is 11.7 Å². The number of aromatic carboxylic acids is 1. The molecule has 1 N–H and O–H groups in total. The molecule has 2 aromatic carbocycles. The van der Waals surface area contributed by atoms with Crippen LogP contribution in [0.4, 0.5) is 18.9 Å². The Balaban J connectivity index is 2.01. The average Bonchev–Trinajstić information content (AvgIpc) is 2.67. The Morgan fingerprint density at radius 3 is 2.45 bits per heavy atom. The lowest BCUT2D eigenvalue weighted by molar-refractivity contribution is -0.137. The molecule has 1 saturated carbocycles. The van der Waals surface area contributed by atoms with Crippen LogP contribution in [0.25, 0.3) is 0 Å². The summed E-state index contributed by atoms with van der Waals surface area (Å²) in [4.78, 5) is 13.8. The van der Waals surface area contributed by atoms with Crippen molar-refractivity contribution in [3.63, 3.8) is 0 Å². The number of halogens is 3. The molecule has 156 valence electrons. The van der Waals surface area contributed by atoms with Gasteiger partial charge in [-0.2, -0.15) is 13.2 Å². The average molecular weight is 405 g/mol. The monoisotopic (exact) mass is 405 g/mol. The van der Waals surface area contributed by atoms with Crippen molar-refractivity contribution in [2.24, 2.45) is 5.92 Å². The minimum absolute atomic E-state index is 0.0178. The number of carboxylic acids is 1. The number of carboxylic acid groups (broad SMARTS) is 1. The van der Waals surface area contributed by atoms with Gasteiger partial charge in [-0.3, -0.25) is 0 Å². The highest BCUT2D eigenvalue weighted by molar-refractivity contribution is 5.89. The molecule has 1 aliphatic carbocycles. The van der Waals surface area contributed by atoms with Crippen LogP contribution in [0.1, 0.15) is 58.6 Å². The van der Waals surface area contributed by atoms with Crippen molar-refractivity contribution < 1.29 is 23.1 Å². The zero-order valence-electron chi connectivity index (χ0n) is 16.7. The second-order valence-corrected chi connectivity index (χ2v) is 7.98. The number of anilines is 1. The van der Waals surface area contributed by atoms with Crippen LogP contribution < -0.4 is 4.90 Å². The van der Waals surface area contributed by atoms with Gasteiger partial charge in [0.25, 0.3) is 0 Å². The highest BCUT2D eigenvalue weighted by Gasteiger charge is 2.35. The number of para-hydroxylation sites is 1. The summed E-state index contributed by atoms with van der Waals surface area (Å²) in [6.45, 7) is 0. The largest absolute Gasteiger partial charge is 0.478 e. The summed E-state index contributed by atoms with van der Waals surface area (Å²) in [5.41, 5.74) is 1.74. The van der Waals surface area contributed by atoms with Gasteiger partial charge >= 0.3 is 12.1 Å². The van der Waals surface area contributed by atoms with E-state index in [1.165, 1.54) is 0 Å². The predicted molar refractivity (Wildman–Crippen MR) is 108 cm³/mol. The van der Waals surface area contributed by atoms with Crippen LogP contribution in [0, 0.1) is 5.92 Å². The molecule has 0 amide bonds. The molecule has 6 heteroatoms. The van der Waals surface area contributed by atoms with Gasteiger partial charge in [0.1, 0.15) is 0 Å². The van der Waals surface area contributed by atoms with E-state index in [9.17, 15) is 23.1 Å². The fourth-order valence-corrected chi connectivity index (χ4v) is 4.50. The van der Waals surface area contributed by atoms with Gasteiger partial charge in [-0.1, -0.05) is 31.0 Å². The fourth-order valence-electron chi connectivity index (χ4n) is 4.50. The molecule has 2 atom stereocenters. The van der Waals surface area contributed by atoms with E-state index in [2.05, 4.69) is 0 Å². The molecule has 2 unspecified atom stereocenters. The molecule has 1 aliphatic rings. The van der Waals surface area contributed by atoms with Crippen LogP contribution in [-0.2, 0) is 12.6 Å². The molecule has 29 heavy (non-hydrogen) atoms. The maximum atomic E-state index is 13.3. The molecular formula is C23H26F3NO2. The standard InChI is InChI=1S/C23H26F3NO2/c1-27(2)21-10-6-4-8-16(21)13-15-7-3-5-9-18(15)20-14-17(23(24,25)26)11-12-19(20)22(28)29/h4,6,8,10-12,14-15,18H,3,5,7,9,13H2,1-2H3,(H,28,29). The van der Waals surface area contributed by atoms with E-state index in [1.54, 1.807) is 0 Å². The molecule has 0 bridgehead atoms. The van der Waals surface area contributed by atoms with E-state index in [-0.39, 0.29) is 17.4 Å². The number of rotatable bonds is 5. The first-order chi connectivity index (χ1) is 13.7. The molecule has 3 nitrogen and oxygen atoms in total. The molecule has 0 heterocycles. The lowest BCUT2D eigenvalue weighted by Crippen LogP contribution is -2.24. The number of hydrogen-bond donors (Lipinski definition) is 1. The van der Waals surface area contributed by atoms with E-state index in [1.807, 2.05) is 43.3 Å². The second-order valence-electron chi connectivity index (χ2n) is 7.98. The smallest absolute Gasteiger partial charge is 0.416 e. The predicted octanol–water partition coefficient (Wildman–Crippen LogP) is 5.99. The summed E-state index contributed by atoms with van der Waals surface area (Å²) >= 11 is 0. The Kier molecular flexibility index (Phi) is 6.20. The van der Waals surface area contributed by atoms with Gasteiger partial charge in [0, 0.05) is 19.8 Å². The third kappa shape index (κ3) is 4.74. The lowest BCUT2D eigenvalue weighted by atomic mass is 9.71. The zero-order chi connectivity index (χ0) is 21.2. The first kappa shape index (κ1) is 21.2. The van der Waals surface area contributed by atoms with Crippen molar-refractivity contribution in [2.75, 3.05) is 19.0 Å². The maximum absolute atomic E-state index is 13.3. The van der Waals surface area contributed by atoms with Crippen LogP contribution >= 0.6 is 0 Å². The van der Waals surface area contributed by atoms with E-state index >= 15 is 0 Å². The zero-order valence-corrected chi connectivity index (χ0v) is 16.7. The van der Waals surface area contributed by atoms with E-state index in [4.69, 9.17) is 0 Å². The van der Waals surface area contributed by atoms with E-state index < -0.39 is 17.7 Å². The molecular weight excluding hydrogens is 379 g/mol. The fraction of sp³-hybridized carbons (Fsp3) is 0.435. The summed E-state index contributed by atoms with van der Waals surface area (Å²) in [6, 6.07) is 11.0. The van der Waals surface area contributed by atoms with Crippen LogP contribution in [-0.4, -0.2) is 25.2 Å². The van der Waals surface area contributed by atoms with Crippen molar-refractivity contribution in [3.8, 4) is 0 Å². The van der Waals surface area contributed by atoms with Gasteiger partial charge in [-0.15, -0.1) is 0 Å². The molecule has 0 saturated heterocycles. The van der Waals surface area contributed by atoms with Gasteiger partial charge < -0.3 is 10.0 Å². The minimum atomic E-state index is -4.49. The minimum Gasteiger partial charge on any atom is -0.478 e. The summed E-state index contributed by atoms with van der Waals surface area (Å²) in [5, 5.41) is 9.59. The Morgan fingerprint density at radius 2 is 1.79 bits per heavy atom.